The van der Waals surface area contributed by atoms with E-state index in [0.29, 0.717) is 24.9 Å². The van der Waals surface area contributed by atoms with Gasteiger partial charge in [-0.25, -0.2) is 0 Å². The number of carbonyl (C=O) groups is 2. The van der Waals surface area contributed by atoms with Crippen LogP contribution in [0.4, 0.5) is 0 Å². The van der Waals surface area contributed by atoms with Crippen molar-refractivity contribution in [2.45, 2.75) is 66.2 Å². The van der Waals surface area contributed by atoms with Gasteiger partial charge in [0.05, 0.1) is 6.61 Å². The number of carbonyl (C=O) groups excluding carboxylic acids is 2. The van der Waals surface area contributed by atoms with Gasteiger partial charge in [-0.05, 0) is 58.8 Å². The second-order valence-corrected chi connectivity index (χ2v) is 6.47. The Morgan fingerprint density at radius 3 is 2.29 bits per heavy atom. The molecule has 1 aliphatic rings. The molecule has 1 rings (SSSR count). The summed E-state index contributed by atoms with van der Waals surface area (Å²) in [6.07, 6.45) is 8.84. The molecular formula is C18H30O3. The summed E-state index contributed by atoms with van der Waals surface area (Å²) in [7, 11) is 0. The summed E-state index contributed by atoms with van der Waals surface area (Å²) in [6.45, 7) is 7.88. The third-order valence-electron chi connectivity index (χ3n) is 4.50. The quantitative estimate of drug-likeness (QED) is 0.399. The van der Waals surface area contributed by atoms with Gasteiger partial charge in [-0.2, -0.15) is 0 Å². The highest BCUT2D eigenvalue weighted by atomic mass is 16.5. The van der Waals surface area contributed by atoms with E-state index in [9.17, 15) is 9.59 Å². The highest BCUT2D eigenvalue weighted by Crippen LogP contribution is 2.37. The average molecular weight is 294 g/mol. The fourth-order valence-electron chi connectivity index (χ4n) is 3.27. The van der Waals surface area contributed by atoms with E-state index in [1.807, 2.05) is 0 Å². The van der Waals surface area contributed by atoms with Crippen molar-refractivity contribution in [3.63, 3.8) is 0 Å². The first kappa shape index (κ1) is 17.9. The van der Waals surface area contributed by atoms with Crippen molar-refractivity contribution in [1.82, 2.24) is 0 Å². The van der Waals surface area contributed by atoms with E-state index in [1.165, 1.54) is 31.8 Å². The standard InChI is InChI=1S/C18H30O3/c1-5-21-18(20)17(14(4)19)12-16-9-7-6-8-15(16)11-10-13(2)3/h10,15-17H,5-9,11-12H2,1-4H3. The van der Waals surface area contributed by atoms with Crippen molar-refractivity contribution in [3.8, 4) is 0 Å². The van der Waals surface area contributed by atoms with Gasteiger partial charge in [0.15, 0.2) is 0 Å². The monoisotopic (exact) mass is 294 g/mol. The molecule has 0 radical (unpaired) electrons. The lowest BCUT2D eigenvalue weighted by Crippen LogP contribution is -2.30. The Balaban J connectivity index is 2.71. The normalized spacial score (nSPS) is 23.2. The maximum atomic E-state index is 12.0. The van der Waals surface area contributed by atoms with Gasteiger partial charge in [-0.3, -0.25) is 9.59 Å². The van der Waals surface area contributed by atoms with Crippen LogP contribution < -0.4 is 0 Å². The molecule has 0 heterocycles. The number of allylic oxidation sites excluding steroid dienone is 2. The molecule has 0 aromatic carbocycles. The number of hydrogen-bond acceptors (Lipinski definition) is 3. The summed E-state index contributed by atoms with van der Waals surface area (Å²) in [5, 5.41) is 0. The molecule has 3 heteroatoms. The highest BCUT2D eigenvalue weighted by molar-refractivity contribution is 5.97. The molecule has 21 heavy (non-hydrogen) atoms. The van der Waals surface area contributed by atoms with Gasteiger partial charge in [0.25, 0.3) is 0 Å². The van der Waals surface area contributed by atoms with Gasteiger partial charge < -0.3 is 4.74 Å². The molecule has 1 fully saturated rings. The molecule has 0 bridgehead atoms. The van der Waals surface area contributed by atoms with E-state index >= 15 is 0 Å². The Morgan fingerprint density at radius 1 is 1.14 bits per heavy atom. The van der Waals surface area contributed by atoms with E-state index < -0.39 is 5.92 Å². The first-order valence-electron chi connectivity index (χ1n) is 8.26. The summed E-state index contributed by atoms with van der Waals surface area (Å²) in [4.78, 5) is 23.8. The molecule has 3 unspecified atom stereocenters. The molecule has 0 saturated heterocycles. The zero-order chi connectivity index (χ0) is 15.8. The summed E-state index contributed by atoms with van der Waals surface area (Å²) in [5.74, 6) is 0.108. The molecule has 0 aliphatic heterocycles. The van der Waals surface area contributed by atoms with Gasteiger partial charge in [0.2, 0.25) is 0 Å². The Bertz CT molecular complexity index is 380. The highest BCUT2D eigenvalue weighted by Gasteiger charge is 2.32. The predicted molar refractivity (Wildman–Crippen MR) is 84.9 cm³/mol. The first-order valence-corrected chi connectivity index (χ1v) is 8.26. The topological polar surface area (TPSA) is 43.4 Å². The van der Waals surface area contributed by atoms with Crippen molar-refractivity contribution in [2.24, 2.45) is 17.8 Å². The maximum absolute atomic E-state index is 12.0. The van der Waals surface area contributed by atoms with Crippen molar-refractivity contribution < 1.29 is 14.3 Å². The largest absolute Gasteiger partial charge is 0.465 e. The summed E-state index contributed by atoms with van der Waals surface area (Å²) < 4.78 is 5.07. The molecule has 0 N–H and O–H groups in total. The minimum absolute atomic E-state index is 0.0556. The van der Waals surface area contributed by atoms with Crippen LogP contribution in [-0.2, 0) is 14.3 Å². The van der Waals surface area contributed by atoms with Crippen LogP contribution in [0.25, 0.3) is 0 Å². The fraction of sp³-hybridized carbons (Fsp3) is 0.778. The minimum atomic E-state index is -0.567. The van der Waals surface area contributed by atoms with E-state index in [1.54, 1.807) is 6.92 Å². The van der Waals surface area contributed by atoms with Crippen LogP contribution in [0.1, 0.15) is 66.2 Å². The second-order valence-electron chi connectivity index (χ2n) is 6.47. The van der Waals surface area contributed by atoms with Gasteiger partial charge in [-0.15, -0.1) is 0 Å². The van der Waals surface area contributed by atoms with Crippen molar-refractivity contribution in [3.05, 3.63) is 11.6 Å². The lowest BCUT2D eigenvalue weighted by molar-refractivity contribution is -0.152. The van der Waals surface area contributed by atoms with Crippen LogP contribution in [0, 0.1) is 17.8 Å². The molecule has 3 atom stereocenters. The van der Waals surface area contributed by atoms with E-state index in [4.69, 9.17) is 4.74 Å². The van der Waals surface area contributed by atoms with E-state index in [-0.39, 0.29) is 11.8 Å². The molecule has 0 aromatic rings. The number of Topliss-reactive ketones (excluding diaryl/α,β-unsaturated/α-hetero) is 1. The SMILES string of the molecule is CCOC(=O)C(CC1CCCCC1CC=C(C)C)C(C)=O. The van der Waals surface area contributed by atoms with Crippen LogP contribution in [0.15, 0.2) is 11.6 Å². The number of hydrogen-bond donors (Lipinski definition) is 0. The summed E-state index contributed by atoms with van der Waals surface area (Å²) in [6, 6.07) is 0. The van der Waals surface area contributed by atoms with Crippen molar-refractivity contribution in [1.29, 1.82) is 0 Å². The molecule has 0 amide bonds. The van der Waals surface area contributed by atoms with Gasteiger partial charge in [-0.1, -0.05) is 30.9 Å². The smallest absolute Gasteiger partial charge is 0.316 e. The van der Waals surface area contributed by atoms with Crippen LogP contribution in [-0.4, -0.2) is 18.4 Å². The zero-order valence-electron chi connectivity index (χ0n) is 14.0. The number of ether oxygens (including phenoxy) is 1. The molecule has 1 aliphatic carbocycles. The van der Waals surface area contributed by atoms with Gasteiger partial charge in [0, 0.05) is 0 Å². The molecule has 120 valence electrons. The number of rotatable bonds is 7. The second kappa shape index (κ2) is 9.01. The van der Waals surface area contributed by atoms with Crippen LogP contribution >= 0.6 is 0 Å². The summed E-state index contributed by atoms with van der Waals surface area (Å²) in [5.41, 5.74) is 1.34. The van der Waals surface area contributed by atoms with Crippen LogP contribution in [0.3, 0.4) is 0 Å². The van der Waals surface area contributed by atoms with Crippen molar-refractivity contribution in [2.75, 3.05) is 6.61 Å². The van der Waals surface area contributed by atoms with E-state index in [2.05, 4.69) is 19.9 Å². The lowest BCUT2D eigenvalue weighted by Gasteiger charge is -2.32. The average Bonchev–Trinajstić information content (AvgIpc) is 2.43. The van der Waals surface area contributed by atoms with Crippen LogP contribution in [0.5, 0.6) is 0 Å². The Hall–Kier alpha value is -1.12. The zero-order valence-corrected chi connectivity index (χ0v) is 14.0. The molecule has 0 aromatic heterocycles. The first-order chi connectivity index (χ1) is 9.95. The predicted octanol–water partition coefficient (Wildman–Crippen LogP) is 4.31. The molecule has 1 saturated carbocycles. The maximum Gasteiger partial charge on any atom is 0.316 e. The summed E-state index contributed by atoms with van der Waals surface area (Å²) >= 11 is 0. The van der Waals surface area contributed by atoms with Crippen molar-refractivity contribution >= 4 is 11.8 Å². The van der Waals surface area contributed by atoms with E-state index in [0.717, 1.165) is 12.8 Å². The Morgan fingerprint density at radius 2 is 1.76 bits per heavy atom. The van der Waals surface area contributed by atoms with Crippen LogP contribution in [0.2, 0.25) is 0 Å². The third-order valence-corrected chi connectivity index (χ3v) is 4.50. The Kier molecular flexibility index (Phi) is 7.69. The van der Waals surface area contributed by atoms with Gasteiger partial charge >= 0.3 is 5.97 Å². The third kappa shape index (κ3) is 6.03. The Labute approximate surface area is 129 Å². The lowest BCUT2D eigenvalue weighted by atomic mass is 9.73. The van der Waals surface area contributed by atoms with Gasteiger partial charge in [0.1, 0.15) is 11.7 Å². The minimum Gasteiger partial charge on any atom is -0.465 e. The molecule has 3 nitrogen and oxygen atoms in total. The molecule has 0 spiro atoms. The number of ketones is 1. The number of esters is 1. The fourth-order valence-corrected chi connectivity index (χ4v) is 3.27. The molecular weight excluding hydrogens is 264 g/mol.